The summed E-state index contributed by atoms with van der Waals surface area (Å²) in [5.41, 5.74) is 4.24. The first-order valence-electron chi connectivity index (χ1n) is 7.76. The van der Waals surface area contributed by atoms with Gasteiger partial charge in [-0.2, -0.15) is 0 Å². The highest BCUT2D eigenvalue weighted by Crippen LogP contribution is 2.39. The van der Waals surface area contributed by atoms with Crippen LogP contribution in [0.3, 0.4) is 0 Å². The smallest absolute Gasteiger partial charge is 0.351 e. The molecule has 25 heavy (non-hydrogen) atoms. The molecule has 0 bridgehead atoms. The predicted octanol–water partition coefficient (Wildman–Crippen LogP) is 3.96. The van der Waals surface area contributed by atoms with Gasteiger partial charge in [-0.3, -0.25) is 0 Å². The van der Waals surface area contributed by atoms with Crippen molar-refractivity contribution in [1.29, 1.82) is 0 Å². The van der Waals surface area contributed by atoms with Crippen LogP contribution in [0.2, 0.25) is 0 Å². The van der Waals surface area contributed by atoms with Gasteiger partial charge in [0.05, 0.1) is 6.57 Å². The monoisotopic (exact) mass is 332 g/mol. The summed E-state index contributed by atoms with van der Waals surface area (Å²) in [4.78, 5) is 23.4. The van der Waals surface area contributed by atoms with Crippen molar-refractivity contribution in [3.05, 3.63) is 65.8 Å². The van der Waals surface area contributed by atoms with E-state index in [1.165, 1.54) is 6.33 Å². The molecule has 1 N–H and O–H groups in total. The number of hydrogen-bond donors (Lipinski definition) is 1. The van der Waals surface area contributed by atoms with E-state index in [4.69, 9.17) is 6.57 Å². The van der Waals surface area contributed by atoms with Crippen molar-refractivity contribution in [1.82, 2.24) is 14.5 Å². The summed E-state index contributed by atoms with van der Waals surface area (Å²) in [5.74, 6) is -1.04. The molecule has 6 nitrogen and oxygen atoms in total. The average Bonchev–Trinajstić information content (AvgIpc) is 2.94. The summed E-state index contributed by atoms with van der Waals surface area (Å²) >= 11 is 0. The Morgan fingerprint density at radius 1 is 1.16 bits per heavy atom. The molecule has 0 atom stereocenters. The van der Waals surface area contributed by atoms with Gasteiger partial charge in [0.2, 0.25) is 5.69 Å². The van der Waals surface area contributed by atoms with E-state index in [1.54, 1.807) is 24.0 Å². The summed E-state index contributed by atoms with van der Waals surface area (Å²) < 4.78 is 1.60. The number of carboxylic acid groups (broad SMARTS) is 1. The van der Waals surface area contributed by atoms with Crippen molar-refractivity contribution >= 4 is 11.7 Å². The van der Waals surface area contributed by atoms with E-state index >= 15 is 0 Å². The number of hydrogen-bond acceptors (Lipinski definition) is 3. The highest BCUT2D eigenvalue weighted by atomic mass is 16.4. The van der Waals surface area contributed by atoms with Crippen LogP contribution in [0.15, 0.2) is 43.0 Å². The maximum Gasteiger partial charge on any atom is 0.351 e. The SMILES string of the molecule is [C-]#[N+]c1c(-c2ccc(-c3cncnc3)cc2)c(C(=O)O)n(C)c1CC. The fourth-order valence-electron chi connectivity index (χ4n) is 3.04. The molecule has 0 aliphatic heterocycles. The van der Waals surface area contributed by atoms with E-state index in [2.05, 4.69) is 14.8 Å². The Labute approximate surface area is 145 Å². The molecule has 1 aromatic carbocycles. The quantitative estimate of drug-likeness (QED) is 0.734. The van der Waals surface area contributed by atoms with Crippen molar-refractivity contribution in [2.24, 2.45) is 7.05 Å². The third-order valence-corrected chi connectivity index (χ3v) is 4.20. The number of rotatable bonds is 4. The van der Waals surface area contributed by atoms with Crippen LogP contribution in [0.4, 0.5) is 5.69 Å². The van der Waals surface area contributed by atoms with Crippen LogP contribution in [-0.2, 0) is 13.5 Å². The molecule has 6 heteroatoms. The number of nitrogens with zero attached hydrogens (tertiary/aromatic N) is 4. The Balaban J connectivity index is 2.17. The van der Waals surface area contributed by atoms with Gasteiger partial charge in [-0.1, -0.05) is 31.2 Å². The molecule has 0 unspecified atom stereocenters. The van der Waals surface area contributed by atoms with E-state index in [-0.39, 0.29) is 5.69 Å². The minimum Gasteiger partial charge on any atom is -0.477 e. The summed E-state index contributed by atoms with van der Waals surface area (Å²) in [7, 11) is 1.69. The van der Waals surface area contributed by atoms with E-state index in [0.29, 0.717) is 23.2 Å². The topological polar surface area (TPSA) is 72.4 Å². The standard InChI is InChI=1S/C19H16N4O2/c1-4-15-17(20-2)16(18(19(24)25)23(15)3)13-7-5-12(6-8-13)14-9-21-11-22-10-14/h5-11H,4H2,1,3H3,(H,24,25). The Kier molecular flexibility index (Phi) is 4.31. The molecule has 0 aliphatic carbocycles. The number of benzene rings is 1. The second kappa shape index (κ2) is 6.57. The molecule has 3 rings (SSSR count). The molecule has 2 heterocycles. The second-order valence-electron chi connectivity index (χ2n) is 5.55. The van der Waals surface area contributed by atoms with Crippen LogP contribution < -0.4 is 0 Å². The Hall–Kier alpha value is -3.46. The number of carboxylic acids is 1. The highest BCUT2D eigenvalue weighted by molar-refractivity contribution is 6.00. The van der Waals surface area contributed by atoms with Gasteiger partial charge in [-0.05, 0) is 17.5 Å². The van der Waals surface area contributed by atoms with E-state index in [0.717, 1.165) is 16.8 Å². The van der Waals surface area contributed by atoms with E-state index in [1.807, 2.05) is 31.2 Å². The van der Waals surface area contributed by atoms with Crippen molar-refractivity contribution in [3.8, 4) is 22.3 Å². The third-order valence-electron chi connectivity index (χ3n) is 4.20. The minimum atomic E-state index is -1.04. The first-order chi connectivity index (χ1) is 12.1. The molecule has 0 saturated heterocycles. The molecule has 0 amide bonds. The largest absolute Gasteiger partial charge is 0.477 e. The number of carbonyl (C=O) groups is 1. The van der Waals surface area contributed by atoms with Crippen LogP contribution >= 0.6 is 0 Å². The number of aromatic carboxylic acids is 1. The lowest BCUT2D eigenvalue weighted by atomic mass is 10.00. The zero-order chi connectivity index (χ0) is 18.0. The molecule has 0 saturated carbocycles. The third kappa shape index (κ3) is 2.76. The lowest BCUT2D eigenvalue weighted by Crippen LogP contribution is -2.07. The van der Waals surface area contributed by atoms with Gasteiger partial charge in [-0.15, -0.1) is 0 Å². The van der Waals surface area contributed by atoms with E-state index < -0.39 is 5.97 Å². The van der Waals surface area contributed by atoms with Crippen molar-refractivity contribution in [2.75, 3.05) is 0 Å². The van der Waals surface area contributed by atoms with Crippen LogP contribution in [0.1, 0.15) is 23.1 Å². The minimum absolute atomic E-state index is 0.138. The van der Waals surface area contributed by atoms with Gasteiger partial charge >= 0.3 is 5.97 Å². The van der Waals surface area contributed by atoms with E-state index in [9.17, 15) is 9.90 Å². The Bertz CT molecular complexity index is 967. The molecular formula is C19H16N4O2. The zero-order valence-electron chi connectivity index (χ0n) is 13.9. The van der Waals surface area contributed by atoms with Gasteiger partial charge in [0, 0.05) is 36.3 Å². The lowest BCUT2D eigenvalue weighted by molar-refractivity contribution is 0.0687. The fourth-order valence-corrected chi connectivity index (χ4v) is 3.04. The maximum absolute atomic E-state index is 11.8. The molecule has 0 spiro atoms. The van der Waals surface area contributed by atoms with Crippen molar-refractivity contribution in [2.45, 2.75) is 13.3 Å². The molecule has 2 aromatic heterocycles. The average molecular weight is 332 g/mol. The predicted molar refractivity (Wildman–Crippen MR) is 94.5 cm³/mol. The molecule has 124 valence electrons. The second-order valence-corrected chi connectivity index (χ2v) is 5.55. The van der Waals surface area contributed by atoms with Gasteiger partial charge in [0.15, 0.2) is 0 Å². The molecule has 3 aromatic rings. The Morgan fingerprint density at radius 3 is 2.28 bits per heavy atom. The van der Waals surface area contributed by atoms with Gasteiger partial charge in [-0.25, -0.2) is 19.6 Å². The normalized spacial score (nSPS) is 10.4. The summed E-state index contributed by atoms with van der Waals surface area (Å²) in [6.45, 7) is 9.42. The summed E-state index contributed by atoms with van der Waals surface area (Å²) in [5, 5.41) is 9.63. The van der Waals surface area contributed by atoms with Gasteiger partial charge in [0.25, 0.3) is 0 Å². The molecule has 0 radical (unpaired) electrons. The molecule has 0 fully saturated rings. The van der Waals surface area contributed by atoms with Crippen LogP contribution in [0, 0.1) is 6.57 Å². The van der Waals surface area contributed by atoms with Gasteiger partial charge < -0.3 is 9.67 Å². The number of aromatic nitrogens is 3. The summed E-state index contributed by atoms with van der Waals surface area (Å²) in [6, 6.07) is 7.43. The van der Waals surface area contributed by atoms with Gasteiger partial charge in [0.1, 0.15) is 12.0 Å². The van der Waals surface area contributed by atoms with Crippen LogP contribution in [0.5, 0.6) is 0 Å². The van der Waals surface area contributed by atoms with Crippen LogP contribution in [-0.4, -0.2) is 25.6 Å². The lowest BCUT2D eigenvalue weighted by Gasteiger charge is -2.06. The maximum atomic E-state index is 11.8. The first-order valence-corrected chi connectivity index (χ1v) is 7.76. The van der Waals surface area contributed by atoms with Crippen molar-refractivity contribution < 1.29 is 9.90 Å². The molecular weight excluding hydrogens is 316 g/mol. The zero-order valence-corrected chi connectivity index (χ0v) is 13.9. The van der Waals surface area contributed by atoms with Crippen LogP contribution in [0.25, 0.3) is 27.1 Å². The fraction of sp³-hybridized carbons (Fsp3) is 0.158. The van der Waals surface area contributed by atoms with Crippen molar-refractivity contribution in [3.63, 3.8) is 0 Å². The molecule has 0 aliphatic rings. The first kappa shape index (κ1) is 16.4. The summed E-state index contributed by atoms with van der Waals surface area (Å²) in [6.07, 6.45) is 5.49. The Morgan fingerprint density at radius 2 is 1.76 bits per heavy atom. The highest BCUT2D eigenvalue weighted by Gasteiger charge is 2.25.